The molecule has 0 saturated carbocycles. The van der Waals surface area contributed by atoms with E-state index < -0.39 is 28.1 Å². The zero-order valence-corrected chi connectivity index (χ0v) is 39.3. The number of alkyl halides is 1. The van der Waals surface area contributed by atoms with E-state index in [1.54, 1.807) is 6.92 Å². The molecule has 1 aliphatic heterocycles. The number of carbonyl (C=O) groups excluding carboxylic acids is 1. The molecule has 0 aromatic heterocycles. The Morgan fingerprint density at radius 2 is 1.27 bits per heavy atom. The molecule has 1 rings (SSSR count). The summed E-state index contributed by atoms with van der Waals surface area (Å²) in [5.41, 5.74) is 0. The Labute approximate surface area is 365 Å². The van der Waals surface area contributed by atoms with Gasteiger partial charge in [-0.3, -0.25) is 4.79 Å². The third-order valence-corrected chi connectivity index (χ3v) is 8.61. The van der Waals surface area contributed by atoms with Crippen LogP contribution in [0.3, 0.4) is 0 Å². The fraction of sp³-hybridized carbons (Fsp3) is 0.972. The van der Waals surface area contributed by atoms with Crippen molar-refractivity contribution in [2.45, 2.75) is 138 Å². The molecule has 1 fully saturated rings. The number of halogens is 1. The third kappa shape index (κ3) is 53.1. The molecule has 8 atom stereocenters. The normalized spacial score (nSPS) is 17.1. The summed E-state index contributed by atoms with van der Waals surface area (Å²) in [4.78, 5) is 10.9. The number of carbonyl (C=O) groups is 1. The molecule has 312 valence electrons. The van der Waals surface area contributed by atoms with Gasteiger partial charge in [0.15, 0.2) is 0 Å². The van der Waals surface area contributed by atoms with Gasteiger partial charge in [0.25, 0.3) is 10.1 Å². The van der Waals surface area contributed by atoms with E-state index >= 15 is 0 Å². The van der Waals surface area contributed by atoms with Gasteiger partial charge >= 0.3 is 57.4 Å². The van der Waals surface area contributed by atoms with E-state index in [0.29, 0.717) is 42.4 Å². The number of ether oxygens (including phenoxy) is 5. The smallest absolute Gasteiger partial charge is 0.707 e. The predicted octanol–water partition coefficient (Wildman–Crippen LogP) is 1.90. The molecule has 0 amide bonds. The van der Waals surface area contributed by atoms with Gasteiger partial charge in [0.1, 0.15) is 18.5 Å². The molecule has 0 aromatic rings. The minimum absolute atomic E-state index is 0. The maximum Gasteiger partial charge on any atom is 1.00 e. The Balaban J connectivity index is -0.000000182. The fourth-order valence-corrected chi connectivity index (χ4v) is 3.22. The van der Waals surface area contributed by atoms with Gasteiger partial charge in [0.05, 0.1) is 37.9 Å². The minimum atomic E-state index is -4.16. The first-order valence-electron chi connectivity index (χ1n) is 18.6. The Bertz CT molecular complexity index is 837. The van der Waals surface area contributed by atoms with Crippen LogP contribution in [0.2, 0.25) is 0 Å². The van der Waals surface area contributed by atoms with Crippen LogP contribution in [0.1, 0.15) is 115 Å². The summed E-state index contributed by atoms with van der Waals surface area (Å²) in [6.07, 6.45) is 4.54. The van der Waals surface area contributed by atoms with Crippen LogP contribution in [0.4, 0.5) is 0 Å². The van der Waals surface area contributed by atoms with Crippen LogP contribution in [-0.4, -0.2) is 119 Å². The van der Waals surface area contributed by atoms with E-state index in [0.717, 1.165) is 52.1 Å². The van der Waals surface area contributed by atoms with E-state index in [1.165, 1.54) is 12.8 Å². The second kappa shape index (κ2) is 43.1. The van der Waals surface area contributed by atoms with Crippen molar-refractivity contribution < 1.29 is 113 Å². The molecular formula is C36H76ClKO13S. The van der Waals surface area contributed by atoms with Crippen molar-refractivity contribution in [2.75, 3.05) is 65.2 Å². The second-order valence-electron chi connectivity index (χ2n) is 13.1. The molecule has 1 heterocycles. The van der Waals surface area contributed by atoms with Crippen molar-refractivity contribution in [3.63, 3.8) is 0 Å². The maximum atomic E-state index is 10.9. The zero-order valence-electron chi connectivity index (χ0n) is 34.6. The molecule has 16 heteroatoms. The number of aliphatic hydroxyl groups excluding tert-OH is 3. The van der Waals surface area contributed by atoms with Gasteiger partial charge in [-0.2, -0.15) is 8.42 Å². The largest absolute Gasteiger partial charge is 1.00 e. The van der Waals surface area contributed by atoms with Crippen molar-refractivity contribution in [2.24, 2.45) is 23.7 Å². The van der Waals surface area contributed by atoms with E-state index in [-0.39, 0.29) is 83.1 Å². The molecule has 1 aliphatic rings. The molecule has 1 saturated heterocycles. The van der Waals surface area contributed by atoms with E-state index in [9.17, 15) is 23.6 Å². The first-order valence-corrected chi connectivity index (χ1v) is 20.6. The second-order valence-corrected chi connectivity index (χ2v) is 15.5. The van der Waals surface area contributed by atoms with Gasteiger partial charge < -0.3 is 48.6 Å². The number of hydrogen-bond acceptors (Lipinski definition) is 13. The van der Waals surface area contributed by atoms with Crippen molar-refractivity contribution in [3.05, 3.63) is 0 Å². The Morgan fingerprint density at radius 3 is 1.63 bits per heavy atom. The number of aliphatic hydroxyl groups is 3. The zero-order chi connectivity index (χ0) is 40.3. The molecule has 0 bridgehead atoms. The summed E-state index contributed by atoms with van der Waals surface area (Å²) in [5.74, 6) is 0.668. The van der Waals surface area contributed by atoms with Crippen molar-refractivity contribution in [3.8, 4) is 0 Å². The summed E-state index contributed by atoms with van der Waals surface area (Å²) in [7, 11) is -4.16. The van der Waals surface area contributed by atoms with Gasteiger partial charge in [-0.15, -0.1) is 11.6 Å². The minimum Gasteiger partial charge on any atom is -0.707 e. The van der Waals surface area contributed by atoms with Crippen LogP contribution in [-0.2, 0) is 42.9 Å². The number of esters is 1. The van der Waals surface area contributed by atoms with Crippen molar-refractivity contribution in [1.82, 2.24) is 0 Å². The number of epoxide rings is 1. The molecule has 0 spiro atoms. The molecule has 52 heavy (non-hydrogen) atoms. The van der Waals surface area contributed by atoms with Gasteiger partial charge in [-0.05, 0) is 50.9 Å². The van der Waals surface area contributed by atoms with E-state index in [4.69, 9.17) is 45.5 Å². The number of hydrogen-bond donors (Lipinski definition) is 3. The molecule has 3 N–H and O–H groups in total. The van der Waals surface area contributed by atoms with E-state index in [2.05, 4.69) is 39.0 Å². The molecule has 0 radical (unpaired) electrons. The van der Waals surface area contributed by atoms with Crippen molar-refractivity contribution in [1.29, 1.82) is 0 Å². The summed E-state index contributed by atoms with van der Waals surface area (Å²) in [6, 6.07) is 0. The van der Waals surface area contributed by atoms with Gasteiger partial charge in [-0.1, -0.05) is 81.6 Å². The van der Waals surface area contributed by atoms with Crippen LogP contribution in [0.25, 0.3) is 0 Å². The van der Waals surface area contributed by atoms with E-state index in [1.807, 2.05) is 34.6 Å². The average Bonchev–Trinajstić information content (AvgIpc) is 3.93. The Kier molecular flexibility index (Phi) is 51.6. The molecule has 13 nitrogen and oxygen atoms in total. The molecule has 0 aliphatic carbocycles. The topological polar surface area (TPSA) is 194 Å². The third-order valence-electron chi connectivity index (χ3n) is 7.31. The predicted molar refractivity (Wildman–Crippen MR) is 201 cm³/mol. The van der Waals surface area contributed by atoms with Crippen LogP contribution in [0, 0.1) is 23.7 Å². The van der Waals surface area contributed by atoms with Gasteiger partial charge in [-0.25, -0.2) is 0 Å². The monoisotopic (exact) mass is 822 g/mol. The Morgan fingerprint density at radius 1 is 0.808 bits per heavy atom. The SMILES string of the molecule is CCC(C)C(=O)OCC(C)O.CCC(C)COCC(O)CS(=O)(=O)O[O-].CCC(C)COCC1CO1.CCC(C)COCCCO.CCC(C)Cl.[K+]. The molecule has 0 aromatic carbocycles. The summed E-state index contributed by atoms with van der Waals surface area (Å²) in [6.45, 7) is 26.8. The van der Waals surface area contributed by atoms with Gasteiger partial charge in [0.2, 0.25) is 0 Å². The molecule has 8 unspecified atom stereocenters. The van der Waals surface area contributed by atoms with Crippen LogP contribution >= 0.6 is 11.6 Å². The fourth-order valence-electron chi connectivity index (χ4n) is 2.60. The van der Waals surface area contributed by atoms with Crippen molar-refractivity contribution >= 4 is 27.7 Å². The summed E-state index contributed by atoms with van der Waals surface area (Å²) in [5, 5.41) is 36.4. The first kappa shape index (κ1) is 62.2. The quantitative estimate of drug-likeness (QED) is 0.0244. The molecular weight excluding hydrogens is 747 g/mol. The summed E-state index contributed by atoms with van der Waals surface area (Å²) >= 11 is 5.46. The maximum absolute atomic E-state index is 10.9. The summed E-state index contributed by atoms with van der Waals surface area (Å²) < 4.78 is 49.7. The standard InChI is InChI=1S/C8H18O6S.C8H16O3.C8H16O2.C8H18O2.C4H9Cl.K/c1-3-7(2)4-13-5-8(9)6-15(11,12)14-10;1-4-6(2)8(10)11-5-7(3)9;1-3-7(2)4-9-5-8-6-10-8;1-3-8(2)7-10-6-4-5-9;1-3-4(2)5;/h7-10H,3-6H2,1-2H3;6-7,9H,4-5H2,1-3H3;7-8H,3-6H2,1-2H3;8-9H,3-7H2,1-2H3;4H,3H2,1-2H3;/q;;;;;+1/p-1. The number of rotatable bonds is 24. The first-order chi connectivity index (χ1) is 23.9. The Hall–Kier alpha value is 0.986. The van der Waals surface area contributed by atoms with Crippen LogP contribution < -0.4 is 56.6 Å². The van der Waals surface area contributed by atoms with Gasteiger partial charge in [0, 0.05) is 38.4 Å². The average molecular weight is 824 g/mol. The van der Waals surface area contributed by atoms with Crippen LogP contribution in [0.15, 0.2) is 0 Å². The van der Waals surface area contributed by atoms with Crippen LogP contribution in [0.5, 0.6) is 0 Å².